The minimum Gasteiger partial charge on any atom is -0.444 e. The van der Waals surface area contributed by atoms with Gasteiger partial charge in [-0.2, -0.15) is 0 Å². The fraction of sp³-hybridized carbons (Fsp3) is 0.750. The molecule has 1 rings (SSSR count). The highest BCUT2D eigenvalue weighted by atomic mass is 16.6. The van der Waals surface area contributed by atoms with Gasteiger partial charge in [0.25, 0.3) is 0 Å². The summed E-state index contributed by atoms with van der Waals surface area (Å²) >= 11 is 0. The van der Waals surface area contributed by atoms with E-state index in [2.05, 4.69) is 31.9 Å². The van der Waals surface area contributed by atoms with E-state index in [9.17, 15) is 33.6 Å². The maximum Gasteiger partial charge on any atom is 0.408 e. The largest absolute Gasteiger partial charge is 0.444 e. The molecule has 15 nitrogen and oxygen atoms in total. The molecule has 43 heavy (non-hydrogen) atoms. The summed E-state index contributed by atoms with van der Waals surface area (Å²) in [7, 11) is 1.43. The second-order valence-corrected chi connectivity index (χ2v) is 12.2. The number of nitrogens with zero attached hydrogens (tertiary/aromatic N) is 1. The number of likely N-dealkylation sites (N-methyl/N-ethyl adjacent to an activating group) is 1. The molecule has 1 fully saturated rings. The van der Waals surface area contributed by atoms with Gasteiger partial charge >= 0.3 is 6.09 Å². The van der Waals surface area contributed by atoms with Crippen LogP contribution in [0, 0.1) is 11.8 Å². The summed E-state index contributed by atoms with van der Waals surface area (Å²) < 4.78 is 5.24. The molecule has 0 saturated carbocycles. The Hall–Kier alpha value is -3.91. The van der Waals surface area contributed by atoms with E-state index in [0.29, 0.717) is 12.8 Å². The van der Waals surface area contributed by atoms with Gasteiger partial charge in [0.2, 0.25) is 35.4 Å². The molecule has 244 valence electrons. The number of rotatable bonds is 13. The van der Waals surface area contributed by atoms with Crippen molar-refractivity contribution in [3.8, 4) is 0 Å². The first-order chi connectivity index (χ1) is 19.9. The number of hydrogen-bond acceptors (Lipinski definition) is 8. The fourth-order valence-corrected chi connectivity index (χ4v) is 4.30. The zero-order valence-corrected chi connectivity index (χ0v) is 26.7. The van der Waals surface area contributed by atoms with Crippen LogP contribution in [0.15, 0.2) is 0 Å². The van der Waals surface area contributed by atoms with Crippen LogP contribution in [-0.2, 0) is 33.5 Å². The smallest absolute Gasteiger partial charge is 0.408 e. The lowest BCUT2D eigenvalue weighted by Gasteiger charge is -2.29. The van der Waals surface area contributed by atoms with Crippen molar-refractivity contribution in [3.05, 3.63) is 0 Å². The topological polar surface area (TPSA) is 204 Å². The van der Waals surface area contributed by atoms with Crippen LogP contribution in [0.3, 0.4) is 0 Å². The van der Waals surface area contributed by atoms with Crippen molar-refractivity contribution in [2.75, 3.05) is 26.7 Å². The predicted octanol–water partition coefficient (Wildman–Crippen LogP) is -0.849. The highest BCUT2D eigenvalue weighted by Crippen LogP contribution is 2.19. The predicted molar refractivity (Wildman–Crippen MR) is 157 cm³/mol. The molecule has 15 heteroatoms. The Labute approximate surface area is 253 Å². The van der Waals surface area contributed by atoms with Crippen LogP contribution in [0.4, 0.5) is 4.79 Å². The van der Waals surface area contributed by atoms with Crippen LogP contribution >= 0.6 is 0 Å². The van der Waals surface area contributed by atoms with Crippen LogP contribution in [0.25, 0.3) is 0 Å². The second kappa shape index (κ2) is 16.7. The van der Waals surface area contributed by atoms with Crippen molar-refractivity contribution in [1.82, 2.24) is 36.8 Å². The monoisotopic (exact) mass is 611 g/mol. The number of carbonyl (C=O) groups is 7. The van der Waals surface area contributed by atoms with E-state index in [1.807, 2.05) is 0 Å². The molecular formula is C28H49N7O8. The Kier molecular flexibility index (Phi) is 14.4. The van der Waals surface area contributed by atoms with Gasteiger partial charge < -0.3 is 41.5 Å². The Morgan fingerprint density at radius 3 is 1.88 bits per heavy atom. The molecule has 4 unspecified atom stereocenters. The quantitative estimate of drug-likeness (QED) is 0.154. The van der Waals surface area contributed by atoms with Gasteiger partial charge in [0.05, 0.1) is 13.1 Å². The maximum atomic E-state index is 13.2. The van der Waals surface area contributed by atoms with Gasteiger partial charge in [-0.25, -0.2) is 4.79 Å². The van der Waals surface area contributed by atoms with Crippen molar-refractivity contribution in [1.29, 1.82) is 0 Å². The third kappa shape index (κ3) is 12.5. The summed E-state index contributed by atoms with van der Waals surface area (Å²) in [4.78, 5) is 89.1. The van der Waals surface area contributed by atoms with Crippen molar-refractivity contribution >= 4 is 41.5 Å². The highest BCUT2D eigenvalue weighted by Gasteiger charge is 2.37. The minimum atomic E-state index is -0.994. The van der Waals surface area contributed by atoms with Crippen molar-refractivity contribution in [3.63, 3.8) is 0 Å². The first kappa shape index (κ1) is 37.1. The number of hydrogen-bond donors (Lipinski definition) is 6. The van der Waals surface area contributed by atoms with E-state index in [1.165, 1.54) is 18.9 Å². The van der Waals surface area contributed by atoms with E-state index in [-0.39, 0.29) is 24.9 Å². The Morgan fingerprint density at radius 1 is 0.791 bits per heavy atom. The van der Waals surface area contributed by atoms with Crippen molar-refractivity contribution < 1.29 is 38.3 Å². The molecule has 0 aromatic carbocycles. The van der Waals surface area contributed by atoms with Gasteiger partial charge in [-0.3, -0.25) is 28.8 Å². The highest BCUT2D eigenvalue weighted by molar-refractivity contribution is 5.96. The van der Waals surface area contributed by atoms with Crippen molar-refractivity contribution in [2.45, 2.75) is 98.0 Å². The molecule has 0 bridgehead atoms. The molecule has 0 aliphatic carbocycles. The molecule has 1 saturated heterocycles. The van der Waals surface area contributed by atoms with Gasteiger partial charge in [0.15, 0.2) is 0 Å². The second-order valence-electron chi connectivity index (χ2n) is 12.2. The summed E-state index contributed by atoms with van der Waals surface area (Å²) in [6.45, 7) is 13.1. The maximum absolute atomic E-state index is 13.2. The summed E-state index contributed by atoms with van der Waals surface area (Å²) in [6.07, 6.45) is 0.155. The van der Waals surface area contributed by atoms with Crippen LogP contribution in [0.1, 0.15) is 68.2 Å². The van der Waals surface area contributed by atoms with Gasteiger partial charge in [-0.05, 0) is 52.4 Å². The fourth-order valence-electron chi connectivity index (χ4n) is 4.30. The average molecular weight is 612 g/mol. The third-order valence-electron chi connectivity index (χ3n) is 6.58. The SMILES string of the molecule is CNC(=O)CNC(=O)C(NC(=O)CNC(=O)C1CCCN1C(=O)C(C)NC(=O)C(NC(=O)OC(C)(C)C)C(C)C)C(C)C. The number of ether oxygens (including phenoxy) is 1. The summed E-state index contributed by atoms with van der Waals surface area (Å²) in [5.41, 5.74) is -0.754. The number of likely N-dealkylation sites (tertiary alicyclic amines) is 1. The third-order valence-corrected chi connectivity index (χ3v) is 6.58. The number of amides is 7. The van der Waals surface area contributed by atoms with Crippen LogP contribution < -0.4 is 31.9 Å². The van der Waals surface area contributed by atoms with Gasteiger partial charge in [-0.15, -0.1) is 0 Å². The van der Waals surface area contributed by atoms with Crippen LogP contribution in [0.5, 0.6) is 0 Å². The molecule has 0 aromatic heterocycles. The zero-order valence-electron chi connectivity index (χ0n) is 26.7. The lowest BCUT2D eigenvalue weighted by Crippen LogP contribution is -2.57. The Bertz CT molecular complexity index is 1040. The summed E-state index contributed by atoms with van der Waals surface area (Å²) in [5, 5.41) is 15.1. The zero-order chi connectivity index (χ0) is 33.1. The van der Waals surface area contributed by atoms with E-state index in [0.717, 1.165) is 0 Å². The normalized spacial score (nSPS) is 16.9. The van der Waals surface area contributed by atoms with E-state index < -0.39 is 77.8 Å². The van der Waals surface area contributed by atoms with E-state index >= 15 is 0 Å². The summed E-state index contributed by atoms with van der Waals surface area (Å²) in [6, 6.07) is -3.73. The molecule has 1 heterocycles. The first-order valence-corrected chi connectivity index (χ1v) is 14.5. The standard InChI is InChI=1S/C28H49N7O8/c1-15(2)21(24(39)31-13-19(36)29-9)33-20(37)14-30-23(38)18-11-10-12-35(18)26(41)17(5)32-25(40)22(16(3)4)34-27(42)43-28(6,7)8/h15-18,21-22H,10-14H2,1-9H3,(H,29,36)(H,30,38)(H,31,39)(H,32,40)(H,33,37)(H,34,42). The summed E-state index contributed by atoms with van der Waals surface area (Å²) in [5.74, 6) is -3.74. The van der Waals surface area contributed by atoms with Crippen LogP contribution in [-0.4, -0.2) is 103 Å². The lowest BCUT2D eigenvalue weighted by molar-refractivity contribution is -0.141. The van der Waals surface area contributed by atoms with E-state index in [4.69, 9.17) is 4.74 Å². The van der Waals surface area contributed by atoms with E-state index in [1.54, 1.807) is 48.5 Å². The number of nitrogens with one attached hydrogen (secondary N) is 6. The molecule has 7 amide bonds. The molecule has 0 spiro atoms. The molecular weight excluding hydrogens is 562 g/mol. The first-order valence-electron chi connectivity index (χ1n) is 14.5. The average Bonchev–Trinajstić information content (AvgIpc) is 3.39. The molecule has 6 N–H and O–H groups in total. The number of carbonyl (C=O) groups excluding carboxylic acids is 7. The van der Waals surface area contributed by atoms with Crippen LogP contribution in [0.2, 0.25) is 0 Å². The molecule has 4 atom stereocenters. The Balaban J connectivity index is 2.74. The molecule has 0 aromatic rings. The number of alkyl carbamates (subject to hydrolysis) is 1. The van der Waals surface area contributed by atoms with Gasteiger partial charge in [0.1, 0.15) is 29.8 Å². The van der Waals surface area contributed by atoms with Gasteiger partial charge in [-0.1, -0.05) is 27.7 Å². The Morgan fingerprint density at radius 2 is 1.35 bits per heavy atom. The molecule has 1 aliphatic heterocycles. The minimum absolute atomic E-state index is 0.242. The lowest BCUT2D eigenvalue weighted by atomic mass is 10.0. The molecule has 1 aliphatic rings. The molecule has 0 radical (unpaired) electrons. The van der Waals surface area contributed by atoms with Crippen molar-refractivity contribution in [2.24, 2.45) is 11.8 Å². The van der Waals surface area contributed by atoms with Gasteiger partial charge in [0, 0.05) is 13.6 Å².